The average Bonchev–Trinajstić information content (AvgIpc) is 2.42. The van der Waals surface area contributed by atoms with Crippen molar-refractivity contribution in [2.45, 2.75) is 18.9 Å². The van der Waals surface area contributed by atoms with Crippen LogP contribution in [0.4, 0.5) is 0 Å². The fourth-order valence-electron chi connectivity index (χ4n) is 2.08. The van der Waals surface area contributed by atoms with Gasteiger partial charge in [-0.15, -0.1) is 12.4 Å². The molecule has 1 heterocycles. The Hall–Kier alpha value is -0.420. The van der Waals surface area contributed by atoms with Gasteiger partial charge in [-0.25, -0.2) is 0 Å². The molecule has 1 aliphatic rings. The van der Waals surface area contributed by atoms with Crippen LogP contribution in [0.3, 0.4) is 0 Å². The van der Waals surface area contributed by atoms with Crippen LogP contribution in [-0.2, 0) is 11.2 Å². The third-order valence-corrected chi connectivity index (χ3v) is 4.60. The number of hydrogen-bond donors (Lipinski definition) is 2. The molecule has 0 aliphatic carbocycles. The first-order chi connectivity index (χ1) is 9.25. The zero-order valence-electron chi connectivity index (χ0n) is 11.2. The van der Waals surface area contributed by atoms with Crippen LogP contribution in [0.15, 0.2) is 24.3 Å². The molecule has 0 bridgehead atoms. The molecule has 1 fully saturated rings. The number of carbonyl (C=O) groups is 1. The maximum atomic E-state index is 11.8. The van der Waals surface area contributed by atoms with Gasteiger partial charge in [-0.1, -0.05) is 29.8 Å². The van der Waals surface area contributed by atoms with Gasteiger partial charge in [0.2, 0.25) is 5.91 Å². The van der Waals surface area contributed by atoms with E-state index < -0.39 is 0 Å². The molecule has 1 saturated heterocycles. The number of halogens is 2. The Morgan fingerprint density at radius 1 is 1.45 bits per heavy atom. The van der Waals surface area contributed by atoms with Crippen molar-refractivity contribution < 1.29 is 4.79 Å². The second-order valence-electron chi connectivity index (χ2n) is 4.62. The molecule has 1 atom stereocenters. The first kappa shape index (κ1) is 17.6. The van der Waals surface area contributed by atoms with Crippen LogP contribution in [0.5, 0.6) is 0 Å². The summed E-state index contributed by atoms with van der Waals surface area (Å²) in [5, 5.41) is 7.09. The fraction of sp³-hybridized carbons (Fsp3) is 0.500. The molecule has 2 N–H and O–H groups in total. The molecule has 0 spiro atoms. The molecule has 1 amide bonds. The van der Waals surface area contributed by atoms with E-state index in [4.69, 9.17) is 11.6 Å². The average molecular weight is 335 g/mol. The molecular weight excluding hydrogens is 315 g/mol. The molecule has 0 aromatic heterocycles. The molecule has 20 heavy (non-hydrogen) atoms. The molecule has 2 rings (SSSR count). The van der Waals surface area contributed by atoms with E-state index in [2.05, 4.69) is 10.6 Å². The summed E-state index contributed by atoms with van der Waals surface area (Å²) in [6, 6.07) is 8.07. The highest BCUT2D eigenvalue weighted by atomic mass is 35.5. The number of nitrogens with one attached hydrogen (secondary N) is 2. The minimum atomic E-state index is 0. The summed E-state index contributed by atoms with van der Waals surface area (Å²) in [7, 11) is 0. The van der Waals surface area contributed by atoms with Crippen molar-refractivity contribution in [3.8, 4) is 0 Å². The highest BCUT2D eigenvalue weighted by Gasteiger charge is 2.16. The minimum Gasteiger partial charge on any atom is -0.356 e. The number of amides is 1. The van der Waals surface area contributed by atoms with Gasteiger partial charge >= 0.3 is 0 Å². The predicted octanol–water partition coefficient (Wildman–Crippen LogP) is 2.52. The van der Waals surface area contributed by atoms with Gasteiger partial charge in [-0.05, 0) is 18.1 Å². The van der Waals surface area contributed by atoms with Crippen LogP contribution >= 0.6 is 35.8 Å². The van der Waals surface area contributed by atoms with Gasteiger partial charge in [0.05, 0.1) is 0 Å². The second-order valence-corrected chi connectivity index (χ2v) is 6.18. The number of benzene rings is 1. The number of rotatable bonds is 5. The van der Waals surface area contributed by atoms with E-state index in [1.54, 1.807) is 0 Å². The Kier molecular flexibility index (Phi) is 8.38. The molecule has 1 unspecified atom stereocenters. The van der Waals surface area contributed by atoms with E-state index in [9.17, 15) is 4.79 Å². The van der Waals surface area contributed by atoms with Crippen molar-refractivity contribution >= 4 is 41.7 Å². The largest absolute Gasteiger partial charge is 0.356 e. The summed E-state index contributed by atoms with van der Waals surface area (Å²) >= 11 is 7.98. The molecule has 112 valence electrons. The lowest BCUT2D eigenvalue weighted by molar-refractivity contribution is -0.121. The predicted molar refractivity (Wildman–Crippen MR) is 89.1 cm³/mol. The third kappa shape index (κ3) is 5.92. The molecule has 3 nitrogen and oxygen atoms in total. The Labute approximate surface area is 135 Å². The number of hydrogen-bond acceptors (Lipinski definition) is 3. The zero-order valence-corrected chi connectivity index (χ0v) is 13.6. The Bertz CT molecular complexity index is 425. The summed E-state index contributed by atoms with van der Waals surface area (Å²) in [6.45, 7) is 1.64. The highest BCUT2D eigenvalue weighted by Crippen LogP contribution is 2.15. The molecule has 1 aromatic rings. The third-order valence-electron chi connectivity index (χ3n) is 3.10. The van der Waals surface area contributed by atoms with Crippen LogP contribution in [0.2, 0.25) is 5.02 Å². The van der Waals surface area contributed by atoms with E-state index >= 15 is 0 Å². The van der Waals surface area contributed by atoms with Gasteiger partial charge < -0.3 is 10.6 Å². The van der Waals surface area contributed by atoms with Gasteiger partial charge in [-0.3, -0.25) is 4.79 Å². The zero-order chi connectivity index (χ0) is 13.5. The first-order valence-electron chi connectivity index (χ1n) is 6.57. The van der Waals surface area contributed by atoms with Crippen molar-refractivity contribution in [2.24, 2.45) is 0 Å². The van der Waals surface area contributed by atoms with Crippen LogP contribution < -0.4 is 10.6 Å². The van der Waals surface area contributed by atoms with E-state index in [1.807, 2.05) is 36.0 Å². The highest BCUT2D eigenvalue weighted by molar-refractivity contribution is 7.99. The lowest BCUT2D eigenvalue weighted by Gasteiger charge is -2.22. The van der Waals surface area contributed by atoms with Crippen molar-refractivity contribution in [2.75, 3.05) is 24.6 Å². The van der Waals surface area contributed by atoms with Gasteiger partial charge in [0.15, 0.2) is 0 Å². The maximum Gasteiger partial charge on any atom is 0.221 e. The SMILES string of the molecule is Cl.O=C(CC1CSCCN1)NCCc1ccccc1Cl. The van der Waals surface area contributed by atoms with Crippen LogP contribution in [0, 0.1) is 0 Å². The van der Waals surface area contributed by atoms with Crippen molar-refractivity contribution in [1.29, 1.82) is 0 Å². The van der Waals surface area contributed by atoms with Crippen molar-refractivity contribution in [1.82, 2.24) is 10.6 Å². The first-order valence-corrected chi connectivity index (χ1v) is 8.10. The van der Waals surface area contributed by atoms with Crippen molar-refractivity contribution in [3.63, 3.8) is 0 Å². The minimum absolute atomic E-state index is 0. The summed E-state index contributed by atoms with van der Waals surface area (Å²) in [4.78, 5) is 11.8. The summed E-state index contributed by atoms with van der Waals surface area (Å²) in [6.07, 6.45) is 1.34. The van der Waals surface area contributed by atoms with Crippen LogP contribution in [0.25, 0.3) is 0 Å². The molecule has 0 saturated carbocycles. The summed E-state index contributed by atoms with van der Waals surface area (Å²) in [5.41, 5.74) is 1.08. The lowest BCUT2D eigenvalue weighted by atomic mass is 10.1. The maximum absolute atomic E-state index is 11.8. The summed E-state index contributed by atoms with van der Waals surface area (Å²) in [5.74, 6) is 2.29. The van der Waals surface area contributed by atoms with Gasteiger partial charge in [0.1, 0.15) is 0 Å². The van der Waals surface area contributed by atoms with Gasteiger partial charge in [0, 0.05) is 42.1 Å². The van der Waals surface area contributed by atoms with Crippen LogP contribution in [-0.4, -0.2) is 36.5 Å². The molecule has 6 heteroatoms. The number of thioether (sulfide) groups is 1. The quantitative estimate of drug-likeness (QED) is 0.869. The second kappa shape index (κ2) is 9.50. The van der Waals surface area contributed by atoms with E-state index in [1.165, 1.54) is 0 Å². The Morgan fingerprint density at radius 3 is 2.95 bits per heavy atom. The molecule has 1 aliphatic heterocycles. The van der Waals surface area contributed by atoms with Crippen LogP contribution in [0.1, 0.15) is 12.0 Å². The fourth-order valence-corrected chi connectivity index (χ4v) is 3.26. The van der Waals surface area contributed by atoms with E-state index in [0.29, 0.717) is 19.0 Å². The van der Waals surface area contributed by atoms with Crippen molar-refractivity contribution in [3.05, 3.63) is 34.9 Å². The molecular formula is C14H20Cl2N2OS. The Balaban J connectivity index is 0.00000200. The number of carbonyl (C=O) groups excluding carboxylic acids is 1. The standard InChI is InChI=1S/C14H19ClN2OS.ClH/c15-13-4-2-1-3-11(13)5-6-17-14(18)9-12-10-19-8-7-16-12;/h1-4,12,16H,5-10H2,(H,17,18);1H. The normalized spacial score (nSPS) is 18.1. The van der Waals surface area contributed by atoms with Gasteiger partial charge in [0.25, 0.3) is 0 Å². The van der Waals surface area contributed by atoms with Gasteiger partial charge in [-0.2, -0.15) is 11.8 Å². The smallest absolute Gasteiger partial charge is 0.221 e. The van der Waals surface area contributed by atoms with E-state index in [-0.39, 0.29) is 18.3 Å². The monoisotopic (exact) mass is 334 g/mol. The topological polar surface area (TPSA) is 41.1 Å². The molecule has 1 aromatic carbocycles. The molecule has 0 radical (unpaired) electrons. The Morgan fingerprint density at radius 2 is 2.25 bits per heavy atom. The van der Waals surface area contributed by atoms with E-state index in [0.717, 1.165) is 35.1 Å². The summed E-state index contributed by atoms with van der Waals surface area (Å²) < 4.78 is 0. The lowest BCUT2D eigenvalue weighted by Crippen LogP contribution is -2.41.